The Morgan fingerprint density at radius 3 is 2.50 bits per heavy atom. The largest absolute Gasteiger partial charge is 0.468 e. The molecule has 0 aromatic heterocycles. The molecule has 0 amide bonds. The second kappa shape index (κ2) is 2.70. The van der Waals surface area contributed by atoms with Gasteiger partial charge in [0, 0.05) is 0 Å². The predicted molar refractivity (Wildman–Crippen MR) is 42.2 cm³/mol. The summed E-state index contributed by atoms with van der Waals surface area (Å²) in [5.74, 6) is -0.978. The smallest absolute Gasteiger partial charge is 0.326 e. The molecule has 0 spiro atoms. The molecule has 1 fully saturated rings. The highest BCUT2D eigenvalue weighted by atomic mass is 32.2. The lowest BCUT2D eigenvalue weighted by atomic mass is 10.0. The molecule has 5 nitrogen and oxygen atoms in total. The fourth-order valence-electron chi connectivity index (χ4n) is 1.24. The van der Waals surface area contributed by atoms with Gasteiger partial charge in [-0.15, -0.1) is 0 Å². The number of hydrogen-bond acceptors (Lipinski definition) is 5. The monoisotopic (exact) mass is 193 g/mol. The van der Waals surface area contributed by atoms with E-state index < -0.39 is 21.3 Å². The zero-order valence-corrected chi connectivity index (χ0v) is 7.56. The molecule has 0 saturated carbocycles. The molecule has 1 aliphatic rings. The van der Waals surface area contributed by atoms with Gasteiger partial charge >= 0.3 is 5.97 Å². The summed E-state index contributed by atoms with van der Waals surface area (Å²) in [6.07, 6.45) is 0.155. The average molecular weight is 193 g/mol. The quantitative estimate of drug-likeness (QED) is 0.522. The highest BCUT2D eigenvalue weighted by Crippen LogP contribution is 2.21. The van der Waals surface area contributed by atoms with E-state index >= 15 is 0 Å². The third-order valence-corrected chi connectivity index (χ3v) is 3.71. The molecule has 0 bridgehead atoms. The number of methoxy groups -OCH3 is 1. The number of carbonyl (C=O) groups excluding carboxylic acids is 1. The van der Waals surface area contributed by atoms with Gasteiger partial charge in [0.1, 0.15) is 5.54 Å². The van der Waals surface area contributed by atoms with Crippen molar-refractivity contribution in [1.82, 2.24) is 0 Å². The summed E-state index contributed by atoms with van der Waals surface area (Å²) < 4.78 is 26.4. The maximum Gasteiger partial charge on any atom is 0.326 e. The van der Waals surface area contributed by atoms with Crippen molar-refractivity contribution in [2.24, 2.45) is 5.73 Å². The van der Waals surface area contributed by atoms with Crippen LogP contribution in [0.3, 0.4) is 0 Å². The Morgan fingerprint density at radius 2 is 2.17 bits per heavy atom. The SMILES string of the molecule is COC(=O)[C@]1(N)CCS(=O)(=O)C1. The Hall–Kier alpha value is -0.620. The zero-order chi connectivity index (χ0) is 9.41. The van der Waals surface area contributed by atoms with Crippen molar-refractivity contribution in [1.29, 1.82) is 0 Å². The molecule has 0 aromatic carbocycles. The van der Waals surface area contributed by atoms with Crippen LogP contribution < -0.4 is 5.73 Å². The first-order chi connectivity index (χ1) is 5.40. The number of hydrogen-bond donors (Lipinski definition) is 1. The van der Waals surface area contributed by atoms with Gasteiger partial charge in [-0.25, -0.2) is 8.42 Å². The third kappa shape index (κ3) is 1.59. The fraction of sp³-hybridized carbons (Fsp3) is 0.833. The molecule has 1 atom stereocenters. The Labute approximate surface area is 70.8 Å². The molecule has 0 radical (unpaired) electrons. The molecule has 0 unspecified atom stereocenters. The Balaban J connectivity index is 2.85. The minimum atomic E-state index is -3.13. The Morgan fingerprint density at radius 1 is 1.58 bits per heavy atom. The van der Waals surface area contributed by atoms with Gasteiger partial charge in [-0.2, -0.15) is 0 Å². The van der Waals surface area contributed by atoms with Crippen molar-refractivity contribution >= 4 is 15.8 Å². The first kappa shape index (κ1) is 9.47. The maximum absolute atomic E-state index is 11.0. The number of carbonyl (C=O) groups is 1. The molecule has 12 heavy (non-hydrogen) atoms. The molecule has 6 heteroatoms. The maximum atomic E-state index is 11.0. The average Bonchev–Trinajstić information content (AvgIpc) is 2.25. The second-order valence-corrected chi connectivity index (χ2v) is 5.17. The minimum absolute atomic E-state index is 0.0292. The highest BCUT2D eigenvalue weighted by molar-refractivity contribution is 7.91. The van der Waals surface area contributed by atoms with Crippen LogP contribution in [0.25, 0.3) is 0 Å². The molecule has 1 aliphatic heterocycles. The molecule has 1 heterocycles. The number of esters is 1. The molecule has 1 saturated heterocycles. The van der Waals surface area contributed by atoms with Gasteiger partial charge in [0.15, 0.2) is 9.84 Å². The van der Waals surface area contributed by atoms with Crippen molar-refractivity contribution in [2.75, 3.05) is 18.6 Å². The number of nitrogens with two attached hydrogens (primary N) is 1. The summed E-state index contributed by atoms with van der Waals surface area (Å²) in [5.41, 5.74) is 4.22. The molecule has 2 N–H and O–H groups in total. The number of sulfone groups is 1. The van der Waals surface area contributed by atoms with Crippen LogP contribution in [0.2, 0.25) is 0 Å². The van der Waals surface area contributed by atoms with Gasteiger partial charge in [0.25, 0.3) is 0 Å². The van der Waals surface area contributed by atoms with E-state index in [0.29, 0.717) is 0 Å². The van der Waals surface area contributed by atoms with E-state index in [9.17, 15) is 13.2 Å². The van der Waals surface area contributed by atoms with Crippen LogP contribution in [0, 0.1) is 0 Å². The standard InChI is InChI=1S/C6H11NO4S/c1-11-5(8)6(7)2-3-12(9,10)4-6/h2-4,7H2,1H3/t6-/m0/s1. The van der Waals surface area contributed by atoms with Crippen LogP contribution >= 0.6 is 0 Å². The van der Waals surface area contributed by atoms with Crippen LogP contribution in [0.4, 0.5) is 0 Å². The normalized spacial score (nSPS) is 33.2. The Bertz CT molecular complexity index is 297. The Kier molecular flexibility index (Phi) is 2.13. The molecular weight excluding hydrogens is 182 g/mol. The number of ether oxygens (including phenoxy) is 1. The van der Waals surface area contributed by atoms with Crippen molar-refractivity contribution in [2.45, 2.75) is 12.0 Å². The van der Waals surface area contributed by atoms with Gasteiger partial charge in [-0.1, -0.05) is 0 Å². The van der Waals surface area contributed by atoms with Gasteiger partial charge in [0.05, 0.1) is 18.6 Å². The van der Waals surface area contributed by atoms with Gasteiger partial charge in [-0.05, 0) is 6.42 Å². The van der Waals surface area contributed by atoms with E-state index in [1.807, 2.05) is 0 Å². The molecule has 1 rings (SSSR count). The van der Waals surface area contributed by atoms with E-state index in [2.05, 4.69) is 4.74 Å². The zero-order valence-electron chi connectivity index (χ0n) is 6.74. The predicted octanol–water partition coefficient (Wildman–Crippen LogP) is -1.32. The van der Waals surface area contributed by atoms with E-state index in [0.717, 1.165) is 0 Å². The van der Waals surface area contributed by atoms with Crippen molar-refractivity contribution in [3.05, 3.63) is 0 Å². The van der Waals surface area contributed by atoms with E-state index in [1.165, 1.54) is 7.11 Å². The lowest BCUT2D eigenvalue weighted by Gasteiger charge is -2.17. The summed E-state index contributed by atoms with van der Waals surface area (Å²) >= 11 is 0. The van der Waals surface area contributed by atoms with Crippen molar-refractivity contribution in [3.8, 4) is 0 Å². The molecule has 0 aliphatic carbocycles. The second-order valence-electron chi connectivity index (χ2n) is 2.99. The lowest BCUT2D eigenvalue weighted by molar-refractivity contribution is -0.146. The molecule has 70 valence electrons. The van der Waals surface area contributed by atoms with Crippen LogP contribution in [-0.2, 0) is 19.4 Å². The third-order valence-electron chi connectivity index (χ3n) is 1.93. The van der Waals surface area contributed by atoms with E-state index in [1.54, 1.807) is 0 Å². The first-order valence-corrected chi connectivity index (χ1v) is 5.29. The summed E-state index contributed by atoms with van der Waals surface area (Å²) in [6.45, 7) is 0. The van der Waals surface area contributed by atoms with Crippen LogP contribution in [0.1, 0.15) is 6.42 Å². The van der Waals surface area contributed by atoms with Crippen LogP contribution in [0.15, 0.2) is 0 Å². The van der Waals surface area contributed by atoms with Gasteiger partial charge in [0.2, 0.25) is 0 Å². The summed E-state index contributed by atoms with van der Waals surface area (Å²) in [6, 6.07) is 0. The van der Waals surface area contributed by atoms with Gasteiger partial charge < -0.3 is 10.5 Å². The number of rotatable bonds is 1. The van der Waals surface area contributed by atoms with E-state index in [4.69, 9.17) is 5.73 Å². The fourth-order valence-corrected chi connectivity index (χ4v) is 3.11. The lowest BCUT2D eigenvalue weighted by Crippen LogP contribution is -2.49. The molecular formula is C6H11NO4S. The van der Waals surface area contributed by atoms with Crippen LogP contribution in [-0.4, -0.2) is 38.5 Å². The summed E-state index contributed by atoms with van der Waals surface area (Å²) in [7, 11) is -1.94. The van der Waals surface area contributed by atoms with Crippen LogP contribution in [0.5, 0.6) is 0 Å². The topological polar surface area (TPSA) is 86.5 Å². The molecule has 0 aromatic rings. The van der Waals surface area contributed by atoms with Crippen molar-refractivity contribution in [3.63, 3.8) is 0 Å². The summed E-state index contributed by atoms with van der Waals surface area (Å²) in [5, 5.41) is 0. The summed E-state index contributed by atoms with van der Waals surface area (Å²) in [4.78, 5) is 11.0. The first-order valence-electron chi connectivity index (χ1n) is 3.47. The van der Waals surface area contributed by atoms with Gasteiger partial charge in [-0.3, -0.25) is 4.79 Å². The van der Waals surface area contributed by atoms with E-state index in [-0.39, 0.29) is 17.9 Å². The minimum Gasteiger partial charge on any atom is -0.468 e. The highest BCUT2D eigenvalue weighted by Gasteiger charge is 2.45. The van der Waals surface area contributed by atoms with Crippen molar-refractivity contribution < 1.29 is 17.9 Å².